The maximum Gasteiger partial charge on any atom is 0.0303 e. The normalized spacial score (nSPS) is 9.73. The molecule has 0 bridgehead atoms. The Morgan fingerprint density at radius 1 is 1.40 bits per heavy atom. The smallest absolute Gasteiger partial charge is 0.0303 e. The van der Waals surface area contributed by atoms with Gasteiger partial charge in [-0.25, -0.2) is 0 Å². The van der Waals surface area contributed by atoms with E-state index < -0.39 is 0 Å². The van der Waals surface area contributed by atoms with E-state index in [0.717, 1.165) is 23.5 Å². The van der Waals surface area contributed by atoms with Crippen LogP contribution in [-0.2, 0) is 46.2 Å². The molecule has 0 N–H and O–H groups in total. The first-order chi connectivity index (χ1) is 6.79. The largest absolute Gasteiger partial charge is 0.447 e. The second-order valence-electron chi connectivity index (χ2n) is 3.04. The second kappa shape index (κ2) is 5.47. The van der Waals surface area contributed by atoms with Gasteiger partial charge in [0.05, 0.1) is 0 Å². The number of aromatic nitrogens is 4. The van der Waals surface area contributed by atoms with Gasteiger partial charge in [0.2, 0.25) is 0 Å². The molecular formula is C10H11N4Y-. The zero-order valence-electron chi connectivity index (χ0n) is 8.81. The molecule has 75 valence electrons. The van der Waals surface area contributed by atoms with Gasteiger partial charge in [0.25, 0.3) is 0 Å². The summed E-state index contributed by atoms with van der Waals surface area (Å²) >= 11 is 0. The molecule has 2 aromatic heterocycles. The second-order valence-corrected chi connectivity index (χ2v) is 3.04. The van der Waals surface area contributed by atoms with Crippen LogP contribution in [-0.4, -0.2) is 19.7 Å². The molecule has 5 heteroatoms. The molecule has 15 heavy (non-hydrogen) atoms. The fraction of sp³-hybridized carbons (Fsp3) is 0.300. The Bertz CT molecular complexity index is 421. The van der Waals surface area contributed by atoms with Crippen molar-refractivity contribution in [3.63, 3.8) is 0 Å². The van der Waals surface area contributed by atoms with Crippen molar-refractivity contribution in [3.8, 4) is 11.4 Å². The molecule has 0 unspecified atom stereocenters. The molecule has 0 aromatic carbocycles. The Morgan fingerprint density at radius 2 is 2.20 bits per heavy atom. The van der Waals surface area contributed by atoms with Gasteiger partial charge in [-0.3, -0.25) is 9.67 Å². The summed E-state index contributed by atoms with van der Waals surface area (Å²) in [4.78, 5) is 8.39. The van der Waals surface area contributed by atoms with E-state index >= 15 is 0 Å². The number of hydrogen-bond donors (Lipinski definition) is 0. The standard InChI is InChI=1S/C10H11N4.Y/c1-3-8-6-12-10(7-11-8)9-4-5-14(2)13-9;/h4-5,7H,3H2,1-2H3;/q-1;. The van der Waals surface area contributed by atoms with Crippen LogP contribution in [0.3, 0.4) is 0 Å². The topological polar surface area (TPSA) is 43.6 Å². The molecule has 1 radical (unpaired) electrons. The first kappa shape index (κ1) is 12.5. The van der Waals surface area contributed by atoms with E-state index in [0.29, 0.717) is 0 Å². The molecule has 0 amide bonds. The zero-order chi connectivity index (χ0) is 9.97. The molecule has 4 nitrogen and oxygen atoms in total. The quantitative estimate of drug-likeness (QED) is 0.775. The summed E-state index contributed by atoms with van der Waals surface area (Å²) in [5.74, 6) is 0. The van der Waals surface area contributed by atoms with E-state index in [2.05, 4.69) is 21.3 Å². The summed E-state index contributed by atoms with van der Waals surface area (Å²) < 4.78 is 1.74. The van der Waals surface area contributed by atoms with Crippen LogP contribution in [0.5, 0.6) is 0 Å². The van der Waals surface area contributed by atoms with Crippen molar-refractivity contribution in [2.75, 3.05) is 0 Å². The molecule has 2 aromatic rings. The minimum Gasteiger partial charge on any atom is -0.447 e. The monoisotopic (exact) mass is 276 g/mol. The molecule has 0 fully saturated rings. The van der Waals surface area contributed by atoms with E-state index in [4.69, 9.17) is 0 Å². The molecule has 0 saturated heterocycles. The van der Waals surface area contributed by atoms with Gasteiger partial charge in [0, 0.05) is 51.6 Å². The first-order valence-corrected chi connectivity index (χ1v) is 4.53. The van der Waals surface area contributed by atoms with Crippen LogP contribution >= 0.6 is 0 Å². The number of nitrogens with zero attached hydrogens (tertiary/aromatic N) is 4. The van der Waals surface area contributed by atoms with Crippen molar-refractivity contribution < 1.29 is 32.7 Å². The van der Waals surface area contributed by atoms with Gasteiger partial charge in [0.15, 0.2) is 0 Å². The third-order valence-corrected chi connectivity index (χ3v) is 1.96. The fourth-order valence-electron chi connectivity index (χ4n) is 1.17. The van der Waals surface area contributed by atoms with Crippen molar-refractivity contribution in [3.05, 3.63) is 30.4 Å². The Balaban J connectivity index is 0.00000112. The third-order valence-electron chi connectivity index (χ3n) is 1.96. The van der Waals surface area contributed by atoms with Gasteiger partial charge in [-0.05, 0) is 30.1 Å². The fourth-order valence-corrected chi connectivity index (χ4v) is 1.17. The number of aryl methyl sites for hydroxylation is 2. The van der Waals surface area contributed by atoms with Gasteiger partial charge in [-0.1, -0.05) is 6.92 Å². The third kappa shape index (κ3) is 2.92. The summed E-state index contributed by atoms with van der Waals surface area (Å²) in [6.45, 7) is 2.03. The van der Waals surface area contributed by atoms with Gasteiger partial charge in [-0.2, -0.15) is 5.10 Å². The SMILES string of the molecule is CCc1[c-]nc(-c2ccn(C)n2)cn1.[Y]. The molecule has 2 rings (SSSR count). The predicted molar refractivity (Wildman–Crippen MR) is 52.4 cm³/mol. The van der Waals surface area contributed by atoms with Crippen molar-refractivity contribution in [2.45, 2.75) is 13.3 Å². The summed E-state index contributed by atoms with van der Waals surface area (Å²) in [6, 6.07) is 1.91. The van der Waals surface area contributed by atoms with Crippen molar-refractivity contribution >= 4 is 0 Å². The minimum absolute atomic E-state index is 0. The average molecular weight is 276 g/mol. The van der Waals surface area contributed by atoms with Crippen LogP contribution in [0.4, 0.5) is 0 Å². The molecule has 0 aliphatic heterocycles. The van der Waals surface area contributed by atoms with Crippen molar-refractivity contribution in [1.29, 1.82) is 0 Å². The molecule has 0 saturated carbocycles. The Labute approximate surface area is 114 Å². The Kier molecular flexibility index (Phi) is 4.55. The molecule has 0 spiro atoms. The summed E-state index contributed by atoms with van der Waals surface area (Å²) in [7, 11) is 1.88. The van der Waals surface area contributed by atoms with E-state index in [1.807, 2.05) is 26.2 Å². The van der Waals surface area contributed by atoms with Crippen LogP contribution in [0.15, 0.2) is 18.5 Å². The minimum atomic E-state index is 0. The van der Waals surface area contributed by atoms with E-state index in [1.54, 1.807) is 10.9 Å². The van der Waals surface area contributed by atoms with E-state index in [1.165, 1.54) is 0 Å². The average Bonchev–Trinajstić information content (AvgIpc) is 2.65. The summed E-state index contributed by atoms with van der Waals surface area (Å²) in [6.07, 6.45) is 7.35. The van der Waals surface area contributed by atoms with Gasteiger partial charge >= 0.3 is 0 Å². The van der Waals surface area contributed by atoms with Crippen LogP contribution in [0.2, 0.25) is 0 Å². The van der Waals surface area contributed by atoms with Crippen molar-refractivity contribution in [1.82, 2.24) is 19.7 Å². The molecule has 2 heterocycles. The maximum absolute atomic E-state index is 4.23. The van der Waals surface area contributed by atoms with E-state index in [-0.39, 0.29) is 32.7 Å². The van der Waals surface area contributed by atoms with Crippen LogP contribution in [0, 0.1) is 6.20 Å². The molecular weight excluding hydrogens is 265 g/mol. The Hall–Kier alpha value is -0.606. The first-order valence-electron chi connectivity index (χ1n) is 4.53. The van der Waals surface area contributed by atoms with E-state index in [9.17, 15) is 0 Å². The Morgan fingerprint density at radius 3 is 2.67 bits per heavy atom. The molecule has 0 aliphatic rings. The van der Waals surface area contributed by atoms with Gasteiger partial charge in [-0.15, -0.1) is 6.20 Å². The summed E-state index contributed by atoms with van der Waals surface area (Å²) in [5.41, 5.74) is 2.48. The zero-order valence-corrected chi connectivity index (χ0v) is 11.6. The van der Waals surface area contributed by atoms with Gasteiger partial charge < -0.3 is 4.98 Å². The van der Waals surface area contributed by atoms with Crippen molar-refractivity contribution in [2.24, 2.45) is 7.05 Å². The molecule has 0 atom stereocenters. The van der Waals surface area contributed by atoms with Crippen LogP contribution in [0.25, 0.3) is 11.4 Å². The molecule has 0 aliphatic carbocycles. The van der Waals surface area contributed by atoms with Crippen LogP contribution in [0.1, 0.15) is 12.6 Å². The summed E-state index contributed by atoms with van der Waals surface area (Å²) in [5, 5.41) is 4.23. The number of hydrogen-bond acceptors (Lipinski definition) is 3. The van der Waals surface area contributed by atoms with Gasteiger partial charge in [0.1, 0.15) is 0 Å². The van der Waals surface area contributed by atoms with Crippen LogP contribution < -0.4 is 0 Å². The number of rotatable bonds is 2. The predicted octanol–water partition coefficient (Wildman–Crippen LogP) is 1.24. The maximum atomic E-state index is 4.23.